The third-order valence-electron chi connectivity index (χ3n) is 3.07. The van der Waals surface area contributed by atoms with E-state index in [-0.39, 0.29) is 0 Å². The van der Waals surface area contributed by atoms with Gasteiger partial charge in [-0.05, 0) is 31.2 Å². The number of nitrogens with zero attached hydrogens (tertiary/aromatic N) is 2. The Kier molecular flexibility index (Phi) is 4.15. The van der Waals surface area contributed by atoms with Gasteiger partial charge in [0.2, 0.25) is 0 Å². The molecule has 1 N–H and O–H groups in total. The van der Waals surface area contributed by atoms with Crippen molar-refractivity contribution in [2.24, 2.45) is 0 Å². The van der Waals surface area contributed by atoms with E-state index < -0.39 is 0 Å². The Bertz CT molecular complexity index is 540. The number of likely N-dealkylation sites (N-methyl/N-ethyl adjacent to an activating group) is 1. The van der Waals surface area contributed by atoms with Crippen LogP contribution in [0, 0.1) is 6.92 Å². The Morgan fingerprint density at radius 3 is 3.00 bits per heavy atom. The molecule has 0 spiro atoms. The molecule has 0 unspecified atom stereocenters. The smallest absolute Gasteiger partial charge is 0.111 e. The molecule has 0 bridgehead atoms. The molecule has 2 rings (SSSR count). The van der Waals surface area contributed by atoms with Gasteiger partial charge in [0.05, 0.1) is 11.0 Å². The van der Waals surface area contributed by atoms with Gasteiger partial charge in [-0.2, -0.15) is 0 Å². The molecule has 2 aromatic rings. The first-order chi connectivity index (χ1) is 8.76. The summed E-state index contributed by atoms with van der Waals surface area (Å²) in [6.07, 6.45) is 2.88. The fourth-order valence-corrected chi connectivity index (χ4v) is 2.19. The lowest BCUT2D eigenvalue weighted by atomic mass is 10.2. The molecule has 18 heavy (non-hydrogen) atoms. The van der Waals surface area contributed by atoms with E-state index in [4.69, 9.17) is 4.98 Å². The molecule has 0 aliphatic carbocycles. The molecule has 0 aliphatic heterocycles. The number of hydrogen-bond donors (Lipinski definition) is 1. The van der Waals surface area contributed by atoms with Crippen LogP contribution in [0.15, 0.2) is 30.9 Å². The molecule has 1 aromatic carbocycles. The Labute approximate surface area is 109 Å². The van der Waals surface area contributed by atoms with Crippen LogP contribution in [0.2, 0.25) is 0 Å². The van der Waals surface area contributed by atoms with Crippen LogP contribution in [0.4, 0.5) is 0 Å². The van der Waals surface area contributed by atoms with Crippen LogP contribution in [0.3, 0.4) is 0 Å². The second-order valence-electron chi connectivity index (χ2n) is 4.52. The standard InChI is InChI=1S/C15H21N3/c1-4-10-18-14-7-6-12(3)11-13(14)17-15(18)8-9-16-5-2/h4,6-7,11,16H,1,5,8-10H2,2-3H3. The van der Waals surface area contributed by atoms with Gasteiger partial charge in [0, 0.05) is 19.5 Å². The van der Waals surface area contributed by atoms with Crippen molar-refractivity contribution in [1.82, 2.24) is 14.9 Å². The highest BCUT2D eigenvalue weighted by Gasteiger charge is 2.09. The van der Waals surface area contributed by atoms with Gasteiger partial charge >= 0.3 is 0 Å². The van der Waals surface area contributed by atoms with Gasteiger partial charge < -0.3 is 9.88 Å². The molecule has 0 fully saturated rings. The minimum absolute atomic E-state index is 0.820. The molecular formula is C15H21N3. The maximum atomic E-state index is 4.74. The van der Waals surface area contributed by atoms with Gasteiger partial charge in [-0.15, -0.1) is 6.58 Å². The Balaban J connectivity index is 2.37. The van der Waals surface area contributed by atoms with E-state index in [1.54, 1.807) is 0 Å². The Hall–Kier alpha value is -1.61. The SMILES string of the molecule is C=CCn1c(CCNCC)nc2cc(C)ccc21. The third-order valence-corrected chi connectivity index (χ3v) is 3.07. The number of rotatable bonds is 6. The van der Waals surface area contributed by atoms with Crippen LogP contribution < -0.4 is 5.32 Å². The number of aromatic nitrogens is 2. The van der Waals surface area contributed by atoms with Crippen LogP contribution in [0.25, 0.3) is 11.0 Å². The summed E-state index contributed by atoms with van der Waals surface area (Å²) in [7, 11) is 0. The zero-order chi connectivity index (χ0) is 13.0. The number of fused-ring (bicyclic) bond motifs is 1. The van der Waals surface area contributed by atoms with Crippen molar-refractivity contribution in [3.63, 3.8) is 0 Å². The monoisotopic (exact) mass is 243 g/mol. The summed E-state index contributed by atoms with van der Waals surface area (Å²) in [6.45, 7) is 10.8. The molecule has 0 aliphatic rings. The molecule has 0 radical (unpaired) electrons. The van der Waals surface area contributed by atoms with Crippen LogP contribution in [-0.2, 0) is 13.0 Å². The molecule has 3 heteroatoms. The molecule has 0 atom stereocenters. The summed E-state index contributed by atoms with van der Waals surface area (Å²) >= 11 is 0. The first kappa shape index (κ1) is 12.8. The quantitative estimate of drug-likeness (QED) is 0.624. The van der Waals surface area contributed by atoms with Gasteiger partial charge in [0.1, 0.15) is 5.82 Å². The summed E-state index contributed by atoms with van der Waals surface area (Å²) in [5.74, 6) is 1.14. The van der Waals surface area contributed by atoms with E-state index in [9.17, 15) is 0 Å². The van der Waals surface area contributed by atoms with Gasteiger partial charge in [0.15, 0.2) is 0 Å². The van der Waals surface area contributed by atoms with E-state index in [0.29, 0.717) is 0 Å². The number of nitrogens with one attached hydrogen (secondary N) is 1. The van der Waals surface area contributed by atoms with E-state index in [2.05, 4.69) is 48.5 Å². The van der Waals surface area contributed by atoms with Crippen molar-refractivity contribution in [3.05, 3.63) is 42.2 Å². The van der Waals surface area contributed by atoms with Crippen molar-refractivity contribution < 1.29 is 0 Å². The summed E-state index contributed by atoms with van der Waals surface area (Å²) < 4.78 is 2.25. The fourth-order valence-electron chi connectivity index (χ4n) is 2.19. The Morgan fingerprint density at radius 1 is 1.44 bits per heavy atom. The van der Waals surface area contributed by atoms with E-state index in [1.807, 2.05) is 6.08 Å². The Morgan fingerprint density at radius 2 is 2.28 bits per heavy atom. The largest absolute Gasteiger partial charge is 0.324 e. The summed E-state index contributed by atoms with van der Waals surface area (Å²) in [5, 5.41) is 3.34. The predicted octanol–water partition coefficient (Wildman–Crippen LogP) is 2.68. The van der Waals surface area contributed by atoms with E-state index in [0.717, 1.165) is 37.4 Å². The van der Waals surface area contributed by atoms with Crippen molar-refractivity contribution >= 4 is 11.0 Å². The summed E-state index contributed by atoms with van der Waals surface area (Å²) in [4.78, 5) is 4.74. The topological polar surface area (TPSA) is 29.9 Å². The average Bonchev–Trinajstić information content (AvgIpc) is 2.68. The van der Waals surface area contributed by atoms with Gasteiger partial charge in [-0.25, -0.2) is 4.98 Å². The van der Waals surface area contributed by atoms with Crippen molar-refractivity contribution in [3.8, 4) is 0 Å². The molecule has 0 saturated carbocycles. The van der Waals surface area contributed by atoms with Crippen LogP contribution >= 0.6 is 0 Å². The maximum Gasteiger partial charge on any atom is 0.111 e. The molecular weight excluding hydrogens is 222 g/mol. The molecule has 96 valence electrons. The van der Waals surface area contributed by atoms with Gasteiger partial charge in [-0.1, -0.05) is 19.1 Å². The predicted molar refractivity (Wildman–Crippen MR) is 76.9 cm³/mol. The number of benzene rings is 1. The van der Waals surface area contributed by atoms with Crippen LogP contribution in [0.5, 0.6) is 0 Å². The number of aryl methyl sites for hydroxylation is 1. The average molecular weight is 243 g/mol. The van der Waals surface area contributed by atoms with Crippen molar-refractivity contribution in [2.75, 3.05) is 13.1 Å². The first-order valence-corrected chi connectivity index (χ1v) is 6.53. The fraction of sp³-hybridized carbons (Fsp3) is 0.400. The lowest BCUT2D eigenvalue weighted by molar-refractivity contribution is 0.668. The highest BCUT2D eigenvalue weighted by atomic mass is 15.1. The van der Waals surface area contributed by atoms with E-state index >= 15 is 0 Å². The molecule has 1 aromatic heterocycles. The van der Waals surface area contributed by atoms with Crippen LogP contribution in [0.1, 0.15) is 18.3 Å². The van der Waals surface area contributed by atoms with Gasteiger partial charge in [-0.3, -0.25) is 0 Å². The normalized spacial score (nSPS) is 11.0. The molecule has 3 nitrogen and oxygen atoms in total. The molecule has 1 heterocycles. The number of imidazole rings is 1. The second kappa shape index (κ2) is 5.83. The highest BCUT2D eigenvalue weighted by molar-refractivity contribution is 5.77. The second-order valence-corrected chi connectivity index (χ2v) is 4.52. The summed E-state index contributed by atoms with van der Waals surface area (Å²) in [5.41, 5.74) is 3.54. The maximum absolute atomic E-state index is 4.74. The number of allylic oxidation sites excluding steroid dienone is 1. The third kappa shape index (κ3) is 2.62. The first-order valence-electron chi connectivity index (χ1n) is 6.53. The molecule has 0 amide bonds. The lowest BCUT2D eigenvalue weighted by Crippen LogP contribution is -2.18. The van der Waals surface area contributed by atoms with E-state index in [1.165, 1.54) is 11.1 Å². The zero-order valence-electron chi connectivity index (χ0n) is 11.2. The minimum atomic E-state index is 0.820. The molecule has 0 saturated heterocycles. The minimum Gasteiger partial charge on any atom is -0.324 e. The lowest BCUT2D eigenvalue weighted by Gasteiger charge is -2.06. The van der Waals surface area contributed by atoms with Crippen molar-refractivity contribution in [1.29, 1.82) is 0 Å². The highest BCUT2D eigenvalue weighted by Crippen LogP contribution is 2.18. The zero-order valence-corrected chi connectivity index (χ0v) is 11.2. The summed E-state index contributed by atoms with van der Waals surface area (Å²) in [6, 6.07) is 6.43. The van der Waals surface area contributed by atoms with Crippen LogP contribution in [-0.4, -0.2) is 22.6 Å². The number of hydrogen-bond acceptors (Lipinski definition) is 2. The van der Waals surface area contributed by atoms with Crippen molar-refractivity contribution in [2.45, 2.75) is 26.8 Å². The van der Waals surface area contributed by atoms with Gasteiger partial charge in [0.25, 0.3) is 0 Å².